The Hall–Kier alpha value is -2.07. The van der Waals surface area contributed by atoms with Gasteiger partial charge in [-0.2, -0.15) is 18.4 Å². The highest BCUT2D eigenvalue weighted by molar-refractivity contribution is 9.10. The Morgan fingerprint density at radius 3 is 2.50 bits per heavy atom. The molecule has 0 unspecified atom stereocenters. The molecular formula is C13H6BrF3N2O. The van der Waals surface area contributed by atoms with Crippen molar-refractivity contribution >= 4 is 15.9 Å². The molecule has 0 aliphatic rings. The van der Waals surface area contributed by atoms with Crippen LogP contribution in [0, 0.1) is 11.3 Å². The van der Waals surface area contributed by atoms with E-state index in [2.05, 4.69) is 20.9 Å². The highest BCUT2D eigenvalue weighted by atomic mass is 79.9. The molecule has 0 amide bonds. The van der Waals surface area contributed by atoms with E-state index in [0.29, 0.717) is 4.47 Å². The van der Waals surface area contributed by atoms with Crippen LogP contribution < -0.4 is 4.74 Å². The second-order valence-corrected chi connectivity index (χ2v) is 4.65. The molecule has 1 aromatic heterocycles. The lowest BCUT2D eigenvalue weighted by atomic mass is 10.1. The summed E-state index contributed by atoms with van der Waals surface area (Å²) in [6.07, 6.45) is -3.20. The Balaban J connectivity index is 2.41. The normalized spacial score (nSPS) is 10.9. The van der Waals surface area contributed by atoms with Crippen LogP contribution in [0.3, 0.4) is 0 Å². The zero-order valence-corrected chi connectivity index (χ0v) is 11.4. The molecule has 0 aliphatic heterocycles. The number of pyridine rings is 1. The highest BCUT2D eigenvalue weighted by Crippen LogP contribution is 2.38. The number of hydrogen-bond acceptors (Lipinski definition) is 3. The van der Waals surface area contributed by atoms with Gasteiger partial charge < -0.3 is 4.74 Å². The quantitative estimate of drug-likeness (QED) is 0.805. The van der Waals surface area contributed by atoms with Crippen LogP contribution in [0.5, 0.6) is 11.6 Å². The van der Waals surface area contributed by atoms with Gasteiger partial charge in [0.05, 0.1) is 17.2 Å². The molecule has 7 heteroatoms. The Labute approximate surface area is 120 Å². The van der Waals surface area contributed by atoms with Gasteiger partial charge in [0.2, 0.25) is 5.88 Å². The largest absolute Gasteiger partial charge is 0.438 e. The van der Waals surface area contributed by atoms with Gasteiger partial charge in [0.25, 0.3) is 0 Å². The molecule has 0 aliphatic carbocycles. The SMILES string of the molecule is N#Cc1ccc(Oc2ccc(Br)cn2)c(C(F)(F)F)c1. The predicted octanol–water partition coefficient (Wildman–Crippen LogP) is 4.53. The molecule has 0 bridgehead atoms. The van der Waals surface area contributed by atoms with Crippen molar-refractivity contribution in [3.8, 4) is 17.7 Å². The van der Waals surface area contributed by atoms with E-state index in [1.54, 1.807) is 12.1 Å². The fourth-order valence-electron chi connectivity index (χ4n) is 1.45. The maximum atomic E-state index is 12.9. The molecule has 102 valence electrons. The third-order valence-corrected chi connectivity index (χ3v) is 2.80. The standard InChI is InChI=1S/C13H6BrF3N2O/c14-9-2-4-12(19-7-9)20-11-3-1-8(6-18)5-10(11)13(15,16)17/h1-5,7H. The topological polar surface area (TPSA) is 45.9 Å². The summed E-state index contributed by atoms with van der Waals surface area (Å²) in [4.78, 5) is 3.84. The first-order valence-electron chi connectivity index (χ1n) is 5.31. The monoisotopic (exact) mass is 342 g/mol. The Morgan fingerprint density at radius 1 is 1.20 bits per heavy atom. The second-order valence-electron chi connectivity index (χ2n) is 3.74. The second kappa shape index (κ2) is 5.51. The van der Waals surface area contributed by atoms with E-state index in [1.165, 1.54) is 18.3 Å². The predicted molar refractivity (Wildman–Crippen MR) is 68.2 cm³/mol. The smallest absolute Gasteiger partial charge is 0.420 e. The average Bonchev–Trinajstić information content (AvgIpc) is 2.40. The average molecular weight is 343 g/mol. The van der Waals surface area contributed by atoms with Crippen molar-refractivity contribution in [2.45, 2.75) is 6.18 Å². The number of benzene rings is 1. The minimum Gasteiger partial charge on any atom is -0.438 e. The first-order valence-corrected chi connectivity index (χ1v) is 6.10. The highest BCUT2D eigenvalue weighted by Gasteiger charge is 2.35. The van der Waals surface area contributed by atoms with Crippen LogP contribution in [-0.2, 0) is 6.18 Å². The number of alkyl halides is 3. The van der Waals surface area contributed by atoms with E-state index in [4.69, 9.17) is 10.00 Å². The first-order chi connectivity index (χ1) is 9.40. The van der Waals surface area contributed by atoms with Gasteiger partial charge in [-0.25, -0.2) is 4.98 Å². The summed E-state index contributed by atoms with van der Waals surface area (Å²) in [5.41, 5.74) is -1.10. The molecule has 2 aromatic rings. The van der Waals surface area contributed by atoms with Gasteiger partial charge in [0.15, 0.2) is 0 Å². The summed E-state index contributed by atoms with van der Waals surface area (Å²) in [5.74, 6) is -0.366. The van der Waals surface area contributed by atoms with Crippen LogP contribution in [0.25, 0.3) is 0 Å². The number of nitriles is 1. The molecule has 1 heterocycles. The van der Waals surface area contributed by atoms with Gasteiger partial charge >= 0.3 is 6.18 Å². The summed E-state index contributed by atoms with van der Waals surface area (Å²) < 4.78 is 44.6. The third kappa shape index (κ3) is 3.27. The molecule has 3 nitrogen and oxygen atoms in total. The number of hydrogen-bond donors (Lipinski definition) is 0. The molecule has 0 fully saturated rings. The molecule has 20 heavy (non-hydrogen) atoms. The lowest BCUT2D eigenvalue weighted by Gasteiger charge is -2.13. The van der Waals surface area contributed by atoms with E-state index in [1.807, 2.05) is 0 Å². The lowest BCUT2D eigenvalue weighted by Crippen LogP contribution is -2.07. The first kappa shape index (κ1) is 14.3. The van der Waals surface area contributed by atoms with Gasteiger partial charge in [-0.3, -0.25) is 0 Å². The number of rotatable bonds is 2. The Morgan fingerprint density at radius 2 is 1.95 bits per heavy atom. The maximum absolute atomic E-state index is 12.9. The van der Waals surface area contributed by atoms with Crippen LogP contribution in [0.4, 0.5) is 13.2 Å². The van der Waals surface area contributed by atoms with Crippen LogP contribution in [0.1, 0.15) is 11.1 Å². The number of halogens is 4. The Bertz CT molecular complexity index is 663. The minimum absolute atomic E-state index is 0.0309. The molecule has 0 spiro atoms. The van der Waals surface area contributed by atoms with Crippen molar-refractivity contribution < 1.29 is 17.9 Å². The molecule has 0 saturated carbocycles. The van der Waals surface area contributed by atoms with Crippen molar-refractivity contribution in [3.05, 3.63) is 52.1 Å². The van der Waals surface area contributed by atoms with Crippen molar-refractivity contribution in [2.75, 3.05) is 0 Å². The summed E-state index contributed by atoms with van der Waals surface area (Å²) in [5, 5.41) is 8.66. The summed E-state index contributed by atoms with van der Waals surface area (Å²) >= 11 is 3.16. The van der Waals surface area contributed by atoms with Crippen LogP contribution in [0.2, 0.25) is 0 Å². The molecule has 0 radical (unpaired) electrons. The molecule has 0 atom stereocenters. The van der Waals surface area contributed by atoms with Crippen LogP contribution >= 0.6 is 15.9 Å². The van der Waals surface area contributed by atoms with Crippen molar-refractivity contribution in [1.29, 1.82) is 5.26 Å². The van der Waals surface area contributed by atoms with Gasteiger partial charge in [-0.05, 0) is 40.2 Å². The molecule has 0 saturated heterocycles. The molecule has 1 aromatic carbocycles. The van der Waals surface area contributed by atoms with E-state index in [9.17, 15) is 13.2 Å². The summed E-state index contributed by atoms with van der Waals surface area (Å²) in [7, 11) is 0. The maximum Gasteiger partial charge on any atom is 0.420 e. The fraction of sp³-hybridized carbons (Fsp3) is 0.0769. The molecular weight excluding hydrogens is 337 g/mol. The summed E-state index contributed by atoms with van der Waals surface area (Å²) in [6.45, 7) is 0. The van der Waals surface area contributed by atoms with Gasteiger partial charge in [0, 0.05) is 16.7 Å². The number of aromatic nitrogens is 1. The van der Waals surface area contributed by atoms with E-state index >= 15 is 0 Å². The van der Waals surface area contributed by atoms with Crippen molar-refractivity contribution in [2.24, 2.45) is 0 Å². The molecule has 0 N–H and O–H groups in total. The van der Waals surface area contributed by atoms with Gasteiger partial charge in [-0.15, -0.1) is 0 Å². The van der Waals surface area contributed by atoms with E-state index < -0.39 is 17.5 Å². The van der Waals surface area contributed by atoms with Crippen LogP contribution in [-0.4, -0.2) is 4.98 Å². The Kier molecular flexibility index (Phi) is 3.95. The van der Waals surface area contributed by atoms with Crippen LogP contribution in [0.15, 0.2) is 41.0 Å². The van der Waals surface area contributed by atoms with E-state index in [0.717, 1.165) is 12.1 Å². The van der Waals surface area contributed by atoms with Gasteiger partial charge in [0.1, 0.15) is 5.75 Å². The third-order valence-electron chi connectivity index (χ3n) is 2.33. The zero-order chi connectivity index (χ0) is 14.8. The van der Waals surface area contributed by atoms with Crippen molar-refractivity contribution in [3.63, 3.8) is 0 Å². The number of ether oxygens (including phenoxy) is 1. The summed E-state index contributed by atoms with van der Waals surface area (Å²) in [6, 6.07) is 7.79. The van der Waals surface area contributed by atoms with Gasteiger partial charge in [-0.1, -0.05) is 0 Å². The van der Waals surface area contributed by atoms with Crippen molar-refractivity contribution in [1.82, 2.24) is 4.98 Å². The fourth-order valence-corrected chi connectivity index (χ4v) is 1.68. The number of nitrogens with zero attached hydrogens (tertiary/aromatic N) is 2. The minimum atomic E-state index is -4.61. The van der Waals surface area contributed by atoms with E-state index in [-0.39, 0.29) is 11.4 Å². The zero-order valence-electron chi connectivity index (χ0n) is 9.78. The lowest BCUT2D eigenvalue weighted by molar-refractivity contribution is -0.138. The molecule has 2 rings (SSSR count).